The predicted octanol–water partition coefficient (Wildman–Crippen LogP) is 4.12. The van der Waals surface area contributed by atoms with Crippen LogP contribution in [-0.2, 0) is 21.0 Å². The van der Waals surface area contributed by atoms with Crippen molar-refractivity contribution in [2.45, 2.75) is 17.1 Å². The topological polar surface area (TPSA) is 93.1 Å². The summed E-state index contributed by atoms with van der Waals surface area (Å²) in [5.74, 6) is -1.20. The highest BCUT2D eigenvalue weighted by Gasteiger charge is 2.35. The van der Waals surface area contributed by atoms with E-state index in [4.69, 9.17) is 14.6 Å². The highest BCUT2D eigenvalue weighted by atomic mass is 32.2. The van der Waals surface area contributed by atoms with Gasteiger partial charge in [-0.3, -0.25) is 0 Å². The van der Waals surface area contributed by atoms with Gasteiger partial charge in [-0.15, -0.1) is 0 Å². The molecule has 3 rings (SSSR count). The summed E-state index contributed by atoms with van der Waals surface area (Å²) in [5, 5.41) is 8.90. The molecule has 1 unspecified atom stereocenters. The number of hydrogen-bond acceptors (Lipinski definition) is 5. The van der Waals surface area contributed by atoms with Gasteiger partial charge in [0.2, 0.25) is 10.0 Å². The number of halogens is 3. The van der Waals surface area contributed by atoms with Crippen LogP contribution in [0.25, 0.3) is 6.08 Å². The van der Waals surface area contributed by atoms with Crippen molar-refractivity contribution in [3.05, 3.63) is 71.3 Å². The Bertz CT molecular complexity index is 1220. The van der Waals surface area contributed by atoms with Gasteiger partial charge >= 0.3 is 12.1 Å². The van der Waals surface area contributed by atoms with Crippen LogP contribution >= 0.6 is 0 Å². The number of carboxylic acids is 1. The van der Waals surface area contributed by atoms with Gasteiger partial charge in [-0.25, -0.2) is 13.2 Å². The quantitative estimate of drug-likeness (QED) is 0.637. The van der Waals surface area contributed by atoms with E-state index in [-0.39, 0.29) is 11.5 Å². The maximum Gasteiger partial charge on any atom is 0.416 e. The minimum Gasteiger partial charge on any atom is -0.497 e. The smallest absolute Gasteiger partial charge is 0.416 e. The van der Waals surface area contributed by atoms with Crippen molar-refractivity contribution in [3.63, 3.8) is 0 Å². The molecular formula is C22H20F3NO6S. The van der Waals surface area contributed by atoms with Crippen molar-refractivity contribution in [2.24, 2.45) is 0 Å². The highest BCUT2D eigenvalue weighted by Crippen LogP contribution is 2.38. The normalized spacial score (nSPS) is 15.8. The first kappa shape index (κ1) is 24.3. The predicted molar refractivity (Wildman–Crippen MR) is 113 cm³/mol. The number of fused-ring (bicyclic) bond motifs is 1. The highest BCUT2D eigenvalue weighted by molar-refractivity contribution is 7.89. The molecule has 0 amide bonds. The Kier molecular flexibility index (Phi) is 6.84. The number of hydrogen-bond donors (Lipinski definition) is 1. The third-order valence-electron chi connectivity index (χ3n) is 4.95. The monoisotopic (exact) mass is 483 g/mol. The standard InChI is InChI=1S/C22H20F3NO6S/c1-26(33(29,30)16-11-14(22(23,24)25)10-15(12-16)31-2)19-8-4-3-6-18-17(19)7-5-9-20(18)32-13-21(27)28/h3-12,19H,13H2,1-2H3,(H,27,28). The fourth-order valence-corrected chi connectivity index (χ4v) is 4.68. The Morgan fingerprint density at radius 1 is 1.18 bits per heavy atom. The molecular weight excluding hydrogens is 463 g/mol. The molecule has 11 heteroatoms. The number of ether oxygens (including phenoxy) is 2. The average Bonchev–Trinajstić information content (AvgIpc) is 2.98. The Hall–Kier alpha value is -3.31. The molecule has 1 atom stereocenters. The molecule has 0 bridgehead atoms. The molecule has 2 aromatic rings. The zero-order chi connectivity index (χ0) is 24.4. The molecule has 0 radical (unpaired) electrons. The van der Waals surface area contributed by atoms with Gasteiger partial charge in [-0.2, -0.15) is 17.5 Å². The minimum atomic E-state index is -4.77. The molecule has 0 saturated carbocycles. The summed E-state index contributed by atoms with van der Waals surface area (Å²) in [5.41, 5.74) is -0.234. The second-order valence-electron chi connectivity index (χ2n) is 7.05. The van der Waals surface area contributed by atoms with Crippen molar-refractivity contribution in [2.75, 3.05) is 20.8 Å². The summed E-state index contributed by atoms with van der Waals surface area (Å²) in [4.78, 5) is 10.3. The van der Waals surface area contributed by atoms with E-state index in [1.54, 1.807) is 42.5 Å². The molecule has 0 spiro atoms. The molecule has 1 N–H and O–H groups in total. The second kappa shape index (κ2) is 9.28. The van der Waals surface area contributed by atoms with E-state index >= 15 is 0 Å². The maximum absolute atomic E-state index is 13.3. The SMILES string of the molecule is COc1cc(C(F)(F)F)cc(S(=O)(=O)N(C)C2C=CC=Cc3c(OCC(=O)O)cccc32)c1. The Morgan fingerprint density at radius 3 is 2.55 bits per heavy atom. The Morgan fingerprint density at radius 2 is 1.91 bits per heavy atom. The third-order valence-corrected chi connectivity index (χ3v) is 6.77. The van der Waals surface area contributed by atoms with Crippen molar-refractivity contribution >= 4 is 22.1 Å². The van der Waals surface area contributed by atoms with Crippen LogP contribution in [0.3, 0.4) is 0 Å². The molecule has 0 saturated heterocycles. The average molecular weight is 483 g/mol. The van der Waals surface area contributed by atoms with Crippen molar-refractivity contribution in [1.82, 2.24) is 4.31 Å². The number of carboxylic acid groups (broad SMARTS) is 1. The molecule has 1 aliphatic carbocycles. The van der Waals surface area contributed by atoms with Gasteiger partial charge in [-0.1, -0.05) is 36.4 Å². The number of carbonyl (C=O) groups is 1. The van der Waals surface area contributed by atoms with Gasteiger partial charge < -0.3 is 14.6 Å². The summed E-state index contributed by atoms with van der Waals surface area (Å²) >= 11 is 0. The molecule has 7 nitrogen and oxygen atoms in total. The van der Waals surface area contributed by atoms with Gasteiger partial charge in [0.05, 0.1) is 23.6 Å². The van der Waals surface area contributed by atoms with Gasteiger partial charge in [0.1, 0.15) is 11.5 Å². The van der Waals surface area contributed by atoms with Crippen LogP contribution < -0.4 is 9.47 Å². The number of likely N-dealkylation sites (N-methyl/N-ethyl adjacent to an activating group) is 1. The van der Waals surface area contributed by atoms with E-state index in [1.807, 2.05) is 0 Å². The number of alkyl halides is 3. The van der Waals surface area contributed by atoms with Crippen molar-refractivity contribution < 1.29 is 41.0 Å². The maximum atomic E-state index is 13.3. The number of benzene rings is 2. The third kappa shape index (κ3) is 5.20. The molecule has 0 heterocycles. The van der Waals surface area contributed by atoms with E-state index in [9.17, 15) is 26.4 Å². The van der Waals surface area contributed by atoms with Gasteiger partial charge in [-0.05, 0) is 23.8 Å². The van der Waals surface area contributed by atoms with Crippen molar-refractivity contribution in [1.29, 1.82) is 0 Å². The number of nitrogens with zero attached hydrogens (tertiary/aromatic N) is 1. The number of aliphatic carboxylic acids is 1. The van der Waals surface area contributed by atoms with Gasteiger partial charge in [0.15, 0.2) is 6.61 Å². The summed E-state index contributed by atoms with van der Waals surface area (Å²) in [6, 6.07) is 6.13. The lowest BCUT2D eigenvalue weighted by molar-refractivity contribution is -0.139. The van der Waals surface area contributed by atoms with E-state index in [0.717, 1.165) is 23.5 Å². The van der Waals surface area contributed by atoms with Crippen LogP contribution in [0.2, 0.25) is 0 Å². The molecule has 1 aliphatic rings. The summed E-state index contributed by atoms with van der Waals surface area (Å²) in [6.45, 7) is -0.597. The fourth-order valence-electron chi connectivity index (χ4n) is 3.32. The number of allylic oxidation sites excluding steroid dienone is 2. The summed E-state index contributed by atoms with van der Waals surface area (Å²) in [6.07, 6.45) is 1.64. The lowest BCUT2D eigenvalue weighted by atomic mass is 10.0. The minimum absolute atomic E-state index is 0.228. The molecule has 0 aromatic heterocycles. The van der Waals surface area contributed by atoms with E-state index < -0.39 is 45.3 Å². The molecule has 2 aromatic carbocycles. The number of sulfonamides is 1. The van der Waals surface area contributed by atoms with Gasteiger partial charge in [0.25, 0.3) is 0 Å². The van der Waals surface area contributed by atoms with Crippen molar-refractivity contribution in [3.8, 4) is 11.5 Å². The number of methoxy groups -OCH3 is 1. The van der Waals surface area contributed by atoms with E-state index in [0.29, 0.717) is 17.2 Å². The first-order chi connectivity index (χ1) is 15.4. The molecule has 0 aliphatic heterocycles. The molecule has 33 heavy (non-hydrogen) atoms. The van der Waals surface area contributed by atoms with E-state index in [1.165, 1.54) is 7.05 Å². The van der Waals surface area contributed by atoms with Crippen LogP contribution in [0.4, 0.5) is 13.2 Å². The number of rotatable bonds is 7. The Balaban J connectivity index is 2.07. The van der Waals surface area contributed by atoms with Crippen LogP contribution in [0.5, 0.6) is 11.5 Å². The van der Waals surface area contributed by atoms with Crippen LogP contribution in [0.1, 0.15) is 22.7 Å². The largest absolute Gasteiger partial charge is 0.497 e. The first-order valence-electron chi connectivity index (χ1n) is 9.52. The molecule has 0 fully saturated rings. The van der Waals surface area contributed by atoms with Crippen LogP contribution in [-0.4, -0.2) is 44.6 Å². The zero-order valence-electron chi connectivity index (χ0n) is 17.5. The fraction of sp³-hybridized carbons (Fsp3) is 0.227. The lowest BCUT2D eigenvalue weighted by Gasteiger charge is -2.27. The summed E-state index contributed by atoms with van der Waals surface area (Å²) < 4.78 is 77.8. The summed E-state index contributed by atoms with van der Waals surface area (Å²) in [7, 11) is -2.02. The Labute approximate surface area is 188 Å². The first-order valence-corrected chi connectivity index (χ1v) is 11.0. The molecule has 176 valence electrons. The van der Waals surface area contributed by atoms with Gasteiger partial charge in [0, 0.05) is 18.7 Å². The van der Waals surface area contributed by atoms with E-state index in [2.05, 4.69) is 0 Å². The lowest BCUT2D eigenvalue weighted by Crippen LogP contribution is -2.31. The second-order valence-corrected chi connectivity index (χ2v) is 9.04. The van der Waals surface area contributed by atoms with Crippen LogP contribution in [0, 0.1) is 0 Å². The van der Waals surface area contributed by atoms with Crippen LogP contribution in [0.15, 0.2) is 59.5 Å². The zero-order valence-corrected chi connectivity index (χ0v) is 18.4.